The lowest BCUT2D eigenvalue weighted by Crippen LogP contribution is -2.35. The van der Waals surface area contributed by atoms with Gasteiger partial charge in [-0.2, -0.15) is 0 Å². The van der Waals surface area contributed by atoms with Crippen molar-refractivity contribution >= 4 is 12.1 Å². The molecule has 5 rings (SSSR count). The topological polar surface area (TPSA) is 49.3 Å². The Labute approximate surface area is 177 Å². The number of carbonyl (C=O) groups excluding carboxylic acids is 1. The standard InChI is InChI=1S/C24H29FN4O/c1-16-14-29-10-2-3-21(29)23(16)24-26-20(18-4-6-19(25)7-5-18)13-22(27-24)28-11-8-17(15-30)9-12-28/h4-7,13,15-17,21,23H,2-3,8-12,14H2,1H3. The Morgan fingerprint density at radius 3 is 2.57 bits per heavy atom. The Morgan fingerprint density at radius 2 is 1.83 bits per heavy atom. The Morgan fingerprint density at radius 1 is 1.07 bits per heavy atom. The van der Waals surface area contributed by atoms with Crippen molar-refractivity contribution in [2.24, 2.45) is 11.8 Å². The van der Waals surface area contributed by atoms with Crippen LogP contribution in [0.25, 0.3) is 11.3 Å². The molecular formula is C24H29FN4O. The van der Waals surface area contributed by atoms with Gasteiger partial charge in [-0.1, -0.05) is 6.92 Å². The highest BCUT2D eigenvalue weighted by molar-refractivity contribution is 5.63. The van der Waals surface area contributed by atoms with Crippen molar-refractivity contribution in [3.05, 3.63) is 42.0 Å². The molecule has 3 fully saturated rings. The van der Waals surface area contributed by atoms with Gasteiger partial charge in [0.2, 0.25) is 0 Å². The van der Waals surface area contributed by atoms with Crippen LogP contribution in [0.4, 0.5) is 10.2 Å². The van der Waals surface area contributed by atoms with Crippen molar-refractivity contribution in [3.63, 3.8) is 0 Å². The van der Waals surface area contributed by atoms with E-state index in [1.54, 1.807) is 12.1 Å². The SMILES string of the molecule is CC1CN2CCCC2C1c1nc(-c2ccc(F)cc2)cc(N2CCC(C=O)CC2)n1. The van der Waals surface area contributed by atoms with Crippen molar-refractivity contribution in [1.29, 1.82) is 0 Å². The number of rotatable bonds is 4. The van der Waals surface area contributed by atoms with Gasteiger partial charge in [0.15, 0.2) is 0 Å². The zero-order chi connectivity index (χ0) is 20.7. The molecular weight excluding hydrogens is 379 g/mol. The zero-order valence-electron chi connectivity index (χ0n) is 17.5. The minimum atomic E-state index is -0.241. The fraction of sp³-hybridized carbons (Fsp3) is 0.542. The van der Waals surface area contributed by atoms with Gasteiger partial charge in [0.05, 0.1) is 5.69 Å². The lowest BCUT2D eigenvalue weighted by atomic mass is 9.89. The molecule has 0 bridgehead atoms. The van der Waals surface area contributed by atoms with Gasteiger partial charge < -0.3 is 9.69 Å². The average Bonchev–Trinajstić information content (AvgIpc) is 3.34. The predicted molar refractivity (Wildman–Crippen MR) is 115 cm³/mol. The predicted octanol–water partition coefficient (Wildman–Crippen LogP) is 3.90. The lowest BCUT2D eigenvalue weighted by Gasteiger charge is -2.31. The van der Waals surface area contributed by atoms with E-state index in [-0.39, 0.29) is 11.7 Å². The van der Waals surface area contributed by atoms with Gasteiger partial charge in [-0.05, 0) is 62.4 Å². The van der Waals surface area contributed by atoms with Crippen molar-refractivity contribution in [2.45, 2.75) is 44.6 Å². The number of halogens is 1. The van der Waals surface area contributed by atoms with E-state index in [4.69, 9.17) is 9.97 Å². The third kappa shape index (κ3) is 3.62. The molecule has 1 aromatic heterocycles. The van der Waals surface area contributed by atoms with E-state index >= 15 is 0 Å². The van der Waals surface area contributed by atoms with Gasteiger partial charge in [0, 0.05) is 49.1 Å². The Hall–Kier alpha value is -2.34. The van der Waals surface area contributed by atoms with E-state index in [0.717, 1.165) is 61.7 Å². The van der Waals surface area contributed by atoms with E-state index in [1.165, 1.54) is 31.5 Å². The van der Waals surface area contributed by atoms with E-state index in [1.807, 2.05) is 6.07 Å². The number of carbonyl (C=O) groups is 1. The Kier molecular flexibility index (Phi) is 5.27. The lowest BCUT2D eigenvalue weighted by molar-refractivity contribution is -0.111. The number of nitrogens with zero attached hydrogens (tertiary/aromatic N) is 4. The third-order valence-electron chi connectivity index (χ3n) is 7.19. The van der Waals surface area contributed by atoms with Crippen molar-refractivity contribution < 1.29 is 9.18 Å². The highest BCUT2D eigenvalue weighted by atomic mass is 19.1. The monoisotopic (exact) mass is 408 g/mol. The fourth-order valence-electron chi connectivity index (χ4n) is 5.57. The minimum absolute atomic E-state index is 0.154. The molecule has 3 aliphatic heterocycles. The molecule has 0 saturated carbocycles. The average molecular weight is 409 g/mol. The maximum Gasteiger partial charge on any atom is 0.136 e. The molecule has 0 N–H and O–H groups in total. The smallest absolute Gasteiger partial charge is 0.136 e. The van der Waals surface area contributed by atoms with Crippen LogP contribution >= 0.6 is 0 Å². The number of aromatic nitrogens is 2. The van der Waals surface area contributed by atoms with Crippen LogP contribution in [0.5, 0.6) is 0 Å². The molecule has 6 heteroatoms. The zero-order valence-corrected chi connectivity index (χ0v) is 17.5. The summed E-state index contributed by atoms with van der Waals surface area (Å²) in [4.78, 5) is 26.1. The van der Waals surface area contributed by atoms with Crippen molar-refractivity contribution in [2.75, 3.05) is 31.1 Å². The number of hydrogen-bond donors (Lipinski definition) is 0. The Balaban J connectivity index is 1.53. The summed E-state index contributed by atoms with van der Waals surface area (Å²) in [5, 5.41) is 0. The van der Waals surface area contributed by atoms with Crippen LogP contribution in [0.2, 0.25) is 0 Å². The van der Waals surface area contributed by atoms with Crippen LogP contribution in [0.3, 0.4) is 0 Å². The second kappa shape index (κ2) is 8.06. The van der Waals surface area contributed by atoms with Gasteiger partial charge in [0.1, 0.15) is 23.7 Å². The molecule has 30 heavy (non-hydrogen) atoms. The Bertz CT molecular complexity index is 910. The molecule has 3 atom stereocenters. The van der Waals surface area contributed by atoms with E-state index in [2.05, 4.69) is 16.7 Å². The number of hydrogen-bond acceptors (Lipinski definition) is 5. The number of piperidine rings is 1. The van der Waals surface area contributed by atoms with Crippen molar-refractivity contribution in [3.8, 4) is 11.3 Å². The first kappa shape index (κ1) is 19.6. The van der Waals surface area contributed by atoms with Gasteiger partial charge in [-0.15, -0.1) is 0 Å². The fourth-order valence-corrected chi connectivity index (χ4v) is 5.57. The summed E-state index contributed by atoms with van der Waals surface area (Å²) in [6.07, 6.45) is 5.27. The van der Waals surface area contributed by atoms with Crippen LogP contribution in [0.15, 0.2) is 30.3 Å². The van der Waals surface area contributed by atoms with Crippen molar-refractivity contribution in [1.82, 2.24) is 14.9 Å². The summed E-state index contributed by atoms with van der Waals surface area (Å²) in [6.45, 7) is 6.26. The summed E-state index contributed by atoms with van der Waals surface area (Å²) in [5.74, 6) is 2.63. The molecule has 5 nitrogen and oxygen atoms in total. The number of anilines is 1. The maximum atomic E-state index is 13.5. The summed E-state index contributed by atoms with van der Waals surface area (Å²) in [5.41, 5.74) is 1.77. The summed E-state index contributed by atoms with van der Waals surface area (Å²) in [6, 6.07) is 9.13. The van der Waals surface area contributed by atoms with Crippen LogP contribution in [0.1, 0.15) is 44.3 Å². The highest BCUT2D eigenvalue weighted by Crippen LogP contribution is 2.42. The van der Waals surface area contributed by atoms with E-state index in [9.17, 15) is 9.18 Å². The molecule has 0 amide bonds. The first-order valence-corrected chi connectivity index (χ1v) is 11.2. The van der Waals surface area contributed by atoms with Crippen LogP contribution in [-0.4, -0.2) is 53.4 Å². The second-order valence-electron chi connectivity index (χ2n) is 9.14. The van der Waals surface area contributed by atoms with Crippen LogP contribution in [-0.2, 0) is 4.79 Å². The first-order chi connectivity index (χ1) is 14.6. The number of fused-ring (bicyclic) bond motifs is 1. The molecule has 3 unspecified atom stereocenters. The quantitative estimate of drug-likeness (QED) is 0.719. The molecule has 158 valence electrons. The van der Waals surface area contributed by atoms with Gasteiger partial charge in [-0.25, -0.2) is 14.4 Å². The summed E-state index contributed by atoms with van der Waals surface area (Å²) >= 11 is 0. The maximum absolute atomic E-state index is 13.5. The summed E-state index contributed by atoms with van der Waals surface area (Å²) in [7, 11) is 0. The molecule has 3 aliphatic rings. The summed E-state index contributed by atoms with van der Waals surface area (Å²) < 4.78 is 13.5. The molecule has 4 heterocycles. The van der Waals surface area contributed by atoms with Crippen LogP contribution in [0, 0.1) is 17.7 Å². The van der Waals surface area contributed by atoms with E-state index < -0.39 is 0 Å². The molecule has 1 aromatic carbocycles. The van der Waals surface area contributed by atoms with Gasteiger partial charge in [0.25, 0.3) is 0 Å². The second-order valence-corrected chi connectivity index (χ2v) is 9.14. The number of aldehydes is 1. The highest BCUT2D eigenvalue weighted by Gasteiger charge is 2.44. The molecule has 2 aromatic rings. The largest absolute Gasteiger partial charge is 0.356 e. The van der Waals surface area contributed by atoms with E-state index in [0.29, 0.717) is 17.9 Å². The first-order valence-electron chi connectivity index (χ1n) is 11.2. The van der Waals surface area contributed by atoms with Gasteiger partial charge >= 0.3 is 0 Å². The van der Waals surface area contributed by atoms with Crippen LogP contribution < -0.4 is 4.90 Å². The molecule has 0 spiro atoms. The number of benzene rings is 1. The third-order valence-corrected chi connectivity index (χ3v) is 7.19. The molecule has 0 radical (unpaired) electrons. The minimum Gasteiger partial charge on any atom is -0.356 e. The molecule has 3 saturated heterocycles. The molecule has 0 aliphatic carbocycles. The van der Waals surface area contributed by atoms with Gasteiger partial charge in [-0.3, -0.25) is 4.90 Å². The normalized spacial score (nSPS) is 27.4.